The Morgan fingerprint density at radius 3 is 3.00 bits per heavy atom. The molecule has 126 valence electrons. The standard InChI is InChI=1S/C16H22FN3O3/c1-2-23-11-15(21)19-10-14(20-7-6-18-16(20)22)9-12-4-3-5-13(17)8-12/h3-5,8,14H,2,6-7,9-11H2,1H3,(H,18,22)(H,19,21). The van der Waals surface area contributed by atoms with E-state index in [9.17, 15) is 14.0 Å². The van der Waals surface area contributed by atoms with Crippen LogP contribution in [0.15, 0.2) is 24.3 Å². The van der Waals surface area contributed by atoms with Gasteiger partial charge in [-0.3, -0.25) is 4.79 Å². The predicted molar refractivity (Wildman–Crippen MR) is 83.5 cm³/mol. The molecule has 1 aromatic rings. The van der Waals surface area contributed by atoms with Crippen LogP contribution in [0.3, 0.4) is 0 Å². The molecule has 1 aliphatic rings. The van der Waals surface area contributed by atoms with Crippen LogP contribution in [0.5, 0.6) is 0 Å². The summed E-state index contributed by atoms with van der Waals surface area (Å²) in [6.45, 7) is 3.72. The molecular formula is C16H22FN3O3. The summed E-state index contributed by atoms with van der Waals surface area (Å²) < 4.78 is 18.4. The van der Waals surface area contributed by atoms with Crippen LogP contribution in [0.4, 0.5) is 9.18 Å². The van der Waals surface area contributed by atoms with E-state index >= 15 is 0 Å². The van der Waals surface area contributed by atoms with Gasteiger partial charge in [-0.1, -0.05) is 12.1 Å². The first-order chi connectivity index (χ1) is 11.1. The topological polar surface area (TPSA) is 70.7 Å². The van der Waals surface area contributed by atoms with Crippen molar-refractivity contribution in [1.82, 2.24) is 15.5 Å². The average molecular weight is 323 g/mol. The fourth-order valence-corrected chi connectivity index (χ4v) is 2.54. The smallest absolute Gasteiger partial charge is 0.317 e. The lowest BCUT2D eigenvalue weighted by Gasteiger charge is -2.27. The van der Waals surface area contributed by atoms with E-state index in [1.54, 1.807) is 11.0 Å². The lowest BCUT2D eigenvalue weighted by atomic mass is 10.0. The molecule has 0 aromatic heterocycles. The second kappa shape index (κ2) is 8.47. The predicted octanol–water partition coefficient (Wildman–Crippen LogP) is 0.915. The van der Waals surface area contributed by atoms with Crippen LogP contribution in [0, 0.1) is 5.82 Å². The van der Waals surface area contributed by atoms with E-state index in [4.69, 9.17) is 4.74 Å². The largest absolute Gasteiger partial charge is 0.372 e. The van der Waals surface area contributed by atoms with Gasteiger partial charge in [0.1, 0.15) is 12.4 Å². The monoisotopic (exact) mass is 323 g/mol. The zero-order chi connectivity index (χ0) is 16.7. The molecule has 3 amide bonds. The highest BCUT2D eigenvalue weighted by Gasteiger charge is 2.28. The molecular weight excluding hydrogens is 301 g/mol. The van der Waals surface area contributed by atoms with E-state index < -0.39 is 0 Å². The molecule has 0 aliphatic carbocycles. The summed E-state index contributed by atoms with van der Waals surface area (Å²) in [5, 5.41) is 5.52. The Morgan fingerprint density at radius 2 is 2.35 bits per heavy atom. The average Bonchev–Trinajstić information content (AvgIpc) is 2.95. The number of nitrogens with one attached hydrogen (secondary N) is 2. The second-order valence-electron chi connectivity index (χ2n) is 5.35. The Labute approximate surface area is 135 Å². The van der Waals surface area contributed by atoms with E-state index in [0.717, 1.165) is 5.56 Å². The number of hydrogen-bond acceptors (Lipinski definition) is 3. The van der Waals surface area contributed by atoms with Gasteiger partial charge in [0.25, 0.3) is 0 Å². The number of carbonyl (C=O) groups excluding carboxylic acids is 2. The van der Waals surface area contributed by atoms with Crippen molar-refractivity contribution in [1.29, 1.82) is 0 Å². The normalized spacial score (nSPS) is 15.4. The van der Waals surface area contributed by atoms with Gasteiger partial charge in [-0.2, -0.15) is 0 Å². The van der Waals surface area contributed by atoms with Crippen LogP contribution in [-0.4, -0.2) is 55.7 Å². The molecule has 0 spiro atoms. The number of rotatable bonds is 8. The molecule has 1 heterocycles. The van der Waals surface area contributed by atoms with E-state index in [-0.39, 0.29) is 30.4 Å². The first kappa shape index (κ1) is 17.2. The van der Waals surface area contributed by atoms with Gasteiger partial charge >= 0.3 is 6.03 Å². The van der Waals surface area contributed by atoms with E-state index in [1.807, 2.05) is 13.0 Å². The Bertz CT molecular complexity index is 553. The Kier molecular flexibility index (Phi) is 6.34. The van der Waals surface area contributed by atoms with Crippen molar-refractivity contribution in [3.63, 3.8) is 0 Å². The van der Waals surface area contributed by atoms with Crippen LogP contribution < -0.4 is 10.6 Å². The molecule has 1 unspecified atom stereocenters. The molecule has 23 heavy (non-hydrogen) atoms. The summed E-state index contributed by atoms with van der Waals surface area (Å²) in [6.07, 6.45) is 0.472. The van der Waals surface area contributed by atoms with Gasteiger partial charge in [-0.15, -0.1) is 0 Å². The third-order valence-electron chi connectivity index (χ3n) is 3.66. The molecule has 0 saturated carbocycles. The Morgan fingerprint density at radius 1 is 1.52 bits per heavy atom. The minimum Gasteiger partial charge on any atom is -0.372 e. The summed E-state index contributed by atoms with van der Waals surface area (Å²) in [6, 6.07) is 5.88. The molecule has 2 rings (SSSR count). The molecule has 0 radical (unpaired) electrons. The van der Waals surface area contributed by atoms with Gasteiger partial charge in [-0.25, -0.2) is 9.18 Å². The minimum atomic E-state index is -0.312. The fourth-order valence-electron chi connectivity index (χ4n) is 2.54. The molecule has 1 fully saturated rings. The molecule has 7 heteroatoms. The number of halogens is 1. The first-order valence-electron chi connectivity index (χ1n) is 7.73. The maximum atomic E-state index is 13.3. The van der Waals surface area contributed by atoms with Crippen molar-refractivity contribution in [3.05, 3.63) is 35.6 Å². The first-order valence-corrected chi connectivity index (χ1v) is 7.73. The van der Waals surface area contributed by atoms with Crippen molar-refractivity contribution in [2.24, 2.45) is 0 Å². The molecule has 1 atom stereocenters. The summed E-state index contributed by atoms with van der Waals surface area (Å²) in [5.41, 5.74) is 0.786. The zero-order valence-electron chi connectivity index (χ0n) is 13.2. The van der Waals surface area contributed by atoms with Crippen LogP contribution in [0.25, 0.3) is 0 Å². The SMILES string of the molecule is CCOCC(=O)NCC(Cc1cccc(F)c1)N1CCNC1=O. The quantitative estimate of drug-likeness (QED) is 0.747. The molecule has 1 saturated heterocycles. The highest BCUT2D eigenvalue weighted by atomic mass is 19.1. The van der Waals surface area contributed by atoms with E-state index in [0.29, 0.717) is 32.7 Å². The van der Waals surface area contributed by atoms with Crippen LogP contribution in [0.1, 0.15) is 12.5 Å². The number of amides is 3. The van der Waals surface area contributed by atoms with E-state index in [2.05, 4.69) is 10.6 Å². The lowest BCUT2D eigenvalue weighted by molar-refractivity contribution is -0.125. The summed E-state index contributed by atoms with van der Waals surface area (Å²) in [5.74, 6) is -0.539. The van der Waals surface area contributed by atoms with Crippen molar-refractivity contribution in [3.8, 4) is 0 Å². The summed E-state index contributed by atoms with van der Waals surface area (Å²) in [4.78, 5) is 25.3. The maximum absolute atomic E-state index is 13.3. The molecule has 2 N–H and O–H groups in total. The number of urea groups is 1. The minimum absolute atomic E-state index is 0.00458. The summed E-state index contributed by atoms with van der Waals surface area (Å²) >= 11 is 0. The zero-order valence-corrected chi connectivity index (χ0v) is 13.2. The van der Waals surface area contributed by atoms with Gasteiger partial charge in [-0.05, 0) is 31.0 Å². The Balaban J connectivity index is 2.00. The van der Waals surface area contributed by atoms with Crippen molar-refractivity contribution < 1.29 is 18.7 Å². The molecule has 1 aliphatic heterocycles. The number of hydrogen-bond donors (Lipinski definition) is 2. The van der Waals surface area contributed by atoms with Gasteiger partial charge < -0.3 is 20.3 Å². The fraction of sp³-hybridized carbons (Fsp3) is 0.500. The molecule has 0 bridgehead atoms. The number of nitrogens with zero attached hydrogens (tertiary/aromatic N) is 1. The van der Waals surface area contributed by atoms with Crippen LogP contribution in [0.2, 0.25) is 0 Å². The third kappa shape index (κ3) is 5.21. The number of benzene rings is 1. The maximum Gasteiger partial charge on any atom is 0.317 e. The van der Waals surface area contributed by atoms with Crippen LogP contribution >= 0.6 is 0 Å². The Hall–Kier alpha value is -2.15. The highest BCUT2D eigenvalue weighted by Crippen LogP contribution is 2.12. The van der Waals surface area contributed by atoms with E-state index in [1.165, 1.54) is 12.1 Å². The number of carbonyl (C=O) groups is 2. The van der Waals surface area contributed by atoms with Gasteiger partial charge in [0.2, 0.25) is 5.91 Å². The van der Waals surface area contributed by atoms with Crippen molar-refractivity contribution in [2.75, 3.05) is 32.8 Å². The number of ether oxygens (including phenoxy) is 1. The van der Waals surface area contributed by atoms with Crippen molar-refractivity contribution in [2.45, 2.75) is 19.4 Å². The van der Waals surface area contributed by atoms with Crippen LogP contribution in [-0.2, 0) is 16.0 Å². The van der Waals surface area contributed by atoms with Gasteiger partial charge in [0, 0.05) is 26.2 Å². The molecule has 6 nitrogen and oxygen atoms in total. The lowest BCUT2D eigenvalue weighted by Crippen LogP contribution is -2.47. The van der Waals surface area contributed by atoms with Gasteiger partial charge in [0.05, 0.1) is 6.04 Å². The second-order valence-corrected chi connectivity index (χ2v) is 5.35. The highest BCUT2D eigenvalue weighted by molar-refractivity contribution is 5.78. The summed E-state index contributed by atoms with van der Waals surface area (Å²) in [7, 11) is 0. The van der Waals surface area contributed by atoms with Gasteiger partial charge in [0.15, 0.2) is 0 Å². The molecule has 1 aromatic carbocycles. The van der Waals surface area contributed by atoms with Crippen molar-refractivity contribution >= 4 is 11.9 Å². The third-order valence-corrected chi connectivity index (χ3v) is 3.66.